The lowest BCUT2D eigenvalue weighted by Gasteiger charge is -2.29. The number of carboxylic acids is 1. The SMILES string of the molecule is Cc1ccc2c(c1C)OCC/C2=C\C(=O)NC1CCCCC1C(=O)O. The molecule has 0 bridgehead atoms. The molecule has 1 aliphatic heterocycles. The molecule has 1 fully saturated rings. The van der Waals surface area contributed by atoms with Gasteiger partial charge in [0, 0.05) is 24.1 Å². The van der Waals surface area contributed by atoms with E-state index in [4.69, 9.17) is 4.74 Å². The average Bonchev–Trinajstić information content (AvgIpc) is 2.59. The normalized spacial score (nSPS) is 24.3. The van der Waals surface area contributed by atoms with Crippen molar-refractivity contribution in [2.75, 3.05) is 6.61 Å². The number of carboxylic acid groups (broad SMARTS) is 1. The summed E-state index contributed by atoms with van der Waals surface area (Å²) >= 11 is 0. The summed E-state index contributed by atoms with van der Waals surface area (Å²) in [7, 11) is 0. The van der Waals surface area contributed by atoms with Gasteiger partial charge in [-0.05, 0) is 43.4 Å². The molecule has 134 valence electrons. The second-order valence-electron chi connectivity index (χ2n) is 7.00. The third-order valence-corrected chi connectivity index (χ3v) is 5.36. The van der Waals surface area contributed by atoms with Gasteiger partial charge < -0.3 is 15.2 Å². The molecule has 5 heteroatoms. The van der Waals surface area contributed by atoms with E-state index in [0.717, 1.165) is 47.3 Å². The summed E-state index contributed by atoms with van der Waals surface area (Å²) < 4.78 is 5.80. The molecule has 1 aromatic rings. The third-order valence-electron chi connectivity index (χ3n) is 5.36. The Morgan fingerprint density at radius 1 is 1.24 bits per heavy atom. The van der Waals surface area contributed by atoms with E-state index in [1.807, 2.05) is 26.0 Å². The topological polar surface area (TPSA) is 75.6 Å². The van der Waals surface area contributed by atoms with Crippen LogP contribution >= 0.6 is 0 Å². The van der Waals surface area contributed by atoms with E-state index in [1.165, 1.54) is 0 Å². The van der Waals surface area contributed by atoms with Gasteiger partial charge in [-0.3, -0.25) is 9.59 Å². The third kappa shape index (κ3) is 3.70. The standard InChI is InChI=1S/C20H25NO4/c1-12-7-8-15-14(9-10-25-19(15)13(12)2)11-18(22)21-17-6-4-3-5-16(17)20(23)24/h7-8,11,16-17H,3-6,9-10H2,1-2H3,(H,21,22)(H,23,24)/b14-11+. The molecule has 2 atom stereocenters. The van der Waals surface area contributed by atoms with Crippen LogP contribution in [0.5, 0.6) is 5.75 Å². The Morgan fingerprint density at radius 3 is 2.76 bits per heavy atom. The van der Waals surface area contributed by atoms with Crippen LogP contribution in [0.15, 0.2) is 18.2 Å². The van der Waals surface area contributed by atoms with E-state index in [2.05, 4.69) is 5.32 Å². The first-order valence-electron chi connectivity index (χ1n) is 8.94. The highest BCUT2D eigenvalue weighted by Gasteiger charge is 2.31. The number of aryl methyl sites for hydroxylation is 1. The maximum atomic E-state index is 12.5. The summed E-state index contributed by atoms with van der Waals surface area (Å²) in [4.78, 5) is 23.9. The second kappa shape index (κ2) is 7.30. The number of rotatable bonds is 3. The van der Waals surface area contributed by atoms with E-state index in [9.17, 15) is 14.7 Å². The number of ether oxygens (including phenoxy) is 1. The minimum Gasteiger partial charge on any atom is -0.492 e. The van der Waals surface area contributed by atoms with Crippen LogP contribution in [0.4, 0.5) is 0 Å². The van der Waals surface area contributed by atoms with Crippen molar-refractivity contribution in [3.63, 3.8) is 0 Å². The molecular formula is C20H25NO4. The van der Waals surface area contributed by atoms with Gasteiger partial charge in [0.25, 0.3) is 0 Å². The van der Waals surface area contributed by atoms with Crippen LogP contribution in [0.25, 0.3) is 5.57 Å². The Bertz CT molecular complexity index is 723. The summed E-state index contributed by atoms with van der Waals surface area (Å²) in [6, 6.07) is 3.75. The highest BCUT2D eigenvalue weighted by molar-refractivity contribution is 5.96. The molecule has 5 nitrogen and oxygen atoms in total. The summed E-state index contributed by atoms with van der Waals surface area (Å²) in [6.45, 7) is 4.62. The highest BCUT2D eigenvalue weighted by atomic mass is 16.5. The van der Waals surface area contributed by atoms with E-state index < -0.39 is 11.9 Å². The van der Waals surface area contributed by atoms with E-state index >= 15 is 0 Å². The summed E-state index contributed by atoms with van der Waals surface area (Å²) in [6.07, 6.45) is 5.52. The zero-order valence-electron chi connectivity index (χ0n) is 14.8. The summed E-state index contributed by atoms with van der Waals surface area (Å²) in [5.74, 6) is -0.659. The lowest BCUT2D eigenvalue weighted by Crippen LogP contribution is -2.44. The fraction of sp³-hybridized carbons (Fsp3) is 0.500. The number of amides is 1. The molecule has 1 saturated carbocycles. The maximum absolute atomic E-state index is 12.5. The zero-order valence-corrected chi connectivity index (χ0v) is 14.8. The van der Waals surface area contributed by atoms with Gasteiger partial charge in [0.05, 0.1) is 12.5 Å². The van der Waals surface area contributed by atoms with Crippen molar-refractivity contribution in [3.8, 4) is 5.75 Å². The number of aliphatic carboxylic acids is 1. The van der Waals surface area contributed by atoms with Gasteiger partial charge in [-0.15, -0.1) is 0 Å². The Hall–Kier alpha value is -2.30. The van der Waals surface area contributed by atoms with Crippen molar-refractivity contribution in [2.45, 2.75) is 52.0 Å². The van der Waals surface area contributed by atoms with Crippen molar-refractivity contribution in [3.05, 3.63) is 34.9 Å². The number of carbonyl (C=O) groups excluding carboxylic acids is 1. The Labute approximate surface area is 148 Å². The number of hydrogen-bond donors (Lipinski definition) is 2. The monoisotopic (exact) mass is 343 g/mol. The van der Waals surface area contributed by atoms with E-state index in [-0.39, 0.29) is 11.9 Å². The molecule has 25 heavy (non-hydrogen) atoms. The van der Waals surface area contributed by atoms with Gasteiger partial charge in [0.1, 0.15) is 5.75 Å². The lowest BCUT2D eigenvalue weighted by molar-refractivity contribution is -0.144. The van der Waals surface area contributed by atoms with Crippen LogP contribution in [0.3, 0.4) is 0 Å². The van der Waals surface area contributed by atoms with Crippen molar-refractivity contribution in [1.82, 2.24) is 5.32 Å². The minimum absolute atomic E-state index is 0.209. The molecule has 2 aliphatic rings. The number of hydrogen-bond acceptors (Lipinski definition) is 3. The fourth-order valence-corrected chi connectivity index (χ4v) is 3.76. The highest BCUT2D eigenvalue weighted by Crippen LogP contribution is 2.36. The number of fused-ring (bicyclic) bond motifs is 1. The molecule has 1 heterocycles. The van der Waals surface area contributed by atoms with Crippen molar-refractivity contribution in [1.29, 1.82) is 0 Å². The molecule has 0 radical (unpaired) electrons. The molecule has 1 aliphatic carbocycles. The van der Waals surface area contributed by atoms with Crippen LogP contribution in [0, 0.1) is 19.8 Å². The van der Waals surface area contributed by atoms with Crippen molar-refractivity contribution in [2.24, 2.45) is 5.92 Å². The van der Waals surface area contributed by atoms with Gasteiger partial charge in [0.2, 0.25) is 5.91 Å². The maximum Gasteiger partial charge on any atom is 0.308 e. The molecule has 1 amide bonds. The average molecular weight is 343 g/mol. The predicted molar refractivity (Wildman–Crippen MR) is 95.5 cm³/mol. The van der Waals surface area contributed by atoms with Crippen LogP contribution in [-0.2, 0) is 9.59 Å². The molecule has 0 aromatic heterocycles. The smallest absolute Gasteiger partial charge is 0.308 e. The van der Waals surface area contributed by atoms with Gasteiger partial charge in [0.15, 0.2) is 0 Å². The largest absolute Gasteiger partial charge is 0.492 e. The van der Waals surface area contributed by atoms with Crippen LogP contribution in [0.2, 0.25) is 0 Å². The van der Waals surface area contributed by atoms with Gasteiger partial charge in [-0.2, -0.15) is 0 Å². The number of nitrogens with one attached hydrogen (secondary N) is 1. The Balaban J connectivity index is 1.79. The zero-order chi connectivity index (χ0) is 18.0. The van der Waals surface area contributed by atoms with Gasteiger partial charge in [-0.1, -0.05) is 25.0 Å². The lowest BCUT2D eigenvalue weighted by atomic mass is 9.84. The molecule has 0 spiro atoms. The molecule has 2 N–H and O–H groups in total. The van der Waals surface area contributed by atoms with Crippen LogP contribution in [-0.4, -0.2) is 29.6 Å². The minimum atomic E-state index is -0.819. The molecule has 2 unspecified atom stereocenters. The summed E-state index contributed by atoms with van der Waals surface area (Å²) in [5, 5.41) is 12.3. The number of benzene rings is 1. The van der Waals surface area contributed by atoms with Crippen molar-refractivity contribution < 1.29 is 19.4 Å². The first kappa shape index (κ1) is 17.5. The summed E-state index contributed by atoms with van der Waals surface area (Å²) in [5.41, 5.74) is 4.17. The van der Waals surface area contributed by atoms with Crippen LogP contribution < -0.4 is 10.1 Å². The molecule has 1 aromatic carbocycles. The van der Waals surface area contributed by atoms with Crippen molar-refractivity contribution >= 4 is 17.4 Å². The quantitative estimate of drug-likeness (QED) is 0.826. The second-order valence-corrected chi connectivity index (χ2v) is 7.00. The first-order chi connectivity index (χ1) is 12.0. The fourth-order valence-electron chi connectivity index (χ4n) is 3.76. The van der Waals surface area contributed by atoms with Crippen LogP contribution in [0.1, 0.15) is 48.8 Å². The Kier molecular flexibility index (Phi) is 5.11. The van der Waals surface area contributed by atoms with E-state index in [1.54, 1.807) is 6.08 Å². The van der Waals surface area contributed by atoms with E-state index in [0.29, 0.717) is 19.4 Å². The molecular weight excluding hydrogens is 318 g/mol. The van der Waals surface area contributed by atoms with Gasteiger partial charge in [-0.25, -0.2) is 0 Å². The van der Waals surface area contributed by atoms with Gasteiger partial charge >= 0.3 is 5.97 Å². The predicted octanol–water partition coefficient (Wildman–Crippen LogP) is 3.23. The Morgan fingerprint density at radius 2 is 2.00 bits per heavy atom. The molecule has 0 saturated heterocycles. The first-order valence-corrected chi connectivity index (χ1v) is 8.94. The number of carbonyl (C=O) groups is 2. The molecule has 3 rings (SSSR count).